The van der Waals surface area contributed by atoms with Gasteiger partial charge in [0.05, 0.1) is 27.7 Å². The van der Waals surface area contributed by atoms with Crippen LogP contribution in [0.4, 0.5) is 4.39 Å². The summed E-state index contributed by atoms with van der Waals surface area (Å²) in [7, 11) is -3.61. The molecule has 0 bridgehead atoms. The Labute approximate surface area is 98.4 Å². The van der Waals surface area contributed by atoms with E-state index < -0.39 is 20.9 Å². The third-order valence-corrected chi connectivity index (χ3v) is 4.55. The molecule has 1 unspecified atom stereocenters. The molecule has 0 aliphatic carbocycles. The summed E-state index contributed by atoms with van der Waals surface area (Å²) in [6.45, 7) is 1.43. The van der Waals surface area contributed by atoms with Gasteiger partial charge in [-0.25, -0.2) is 12.8 Å². The monoisotopic (exact) mass is 261 g/mol. The highest BCUT2D eigenvalue weighted by atomic mass is 35.5. The van der Waals surface area contributed by atoms with Crippen LogP contribution in [-0.4, -0.2) is 13.7 Å². The average molecular weight is 262 g/mol. The molecule has 1 aromatic carbocycles. The fourth-order valence-corrected chi connectivity index (χ4v) is 2.67. The van der Waals surface area contributed by atoms with Gasteiger partial charge in [0.25, 0.3) is 0 Å². The number of nitriles is 1. The fraction of sp³-hybridized carbons (Fsp3) is 0.300. The quantitative estimate of drug-likeness (QED) is 0.786. The molecule has 1 rings (SSSR count). The number of hydrogen-bond acceptors (Lipinski definition) is 3. The molecule has 0 fully saturated rings. The zero-order chi connectivity index (χ0) is 12.3. The number of benzene rings is 1. The molecule has 1 atom stereocenters. The van der Waals surface area contributed by atoms with E-state index in [1.165, 1.54) is 6.92 Å². The Morgan fingerprint density at radius 1 is 1.56 bits per heavy atom. The molecule has 16 heavy (non-hydrogen) atoms. The van der Waals surface area contributed by atoms with Crippen molar-refractivity contribution >= 4 is 21.4 Å². The molecule has 86 valence electrons. The van der Waals surface area contributed by atoms with Crippen molar-refractivity contribution in [3.63, 3.8) is 0 Å². The van der Waals surface area contributed by atoms with Gasteiger partial charge in [-0.05, 0) is 25.1 Å². The third kappa shape index (κ3) is 2.52. The first kappa shape index (κ1) is 12.9. The molecule has 0 saturated heterocycles. The highest BCUT2D eigenvalue weighted by Crippen LogP contribution is 2.23. The van der Waals surface area contributed by atoms with Crippen molar-refractivity contribution in [3.8, 4) is 6.07 Å². The molecular formula is C10H9ClFNO2S. The van der Waals surface area contributed by atoms with Crippen LogP contribution < -0.4 is 0 Å². The molecule has 0 aliphatic rings. The molecule has 0 amide bonds. The summed E-state index contributed by atoms with van der Waals surface area (Å²) in [4.78, 5) is -0.0679. The number of nitrogens with zero attached hydrogens (tertiary/aromatic N) is 1. The lowest BCUT2D eigenvalue weighted by atomic mass is 10.3. The SMILES string of the molecule is CC(CC#N)S(=O)(=O)c1ccc(F)c(Cl)c1. The largest absolute Gasteiger partial charge is 0.223 e. The van der Waals surface area contributed by atoms with E-state index in [1.807, 2.05) is 0 Å². The maximum Gasteiger partial charge on any atom is 0.182 e. The van der Waals surface area contributed by atoms with E-state index >= 15 is 0 Å². The number of halogens is 2. The van der Waals surface area contributed by atoms with Crippen LogP contribution in [0.25, 0.3) is 0 Å². The molecule has 0 N–H and O–H groups in total. The highest BCUT2D eigenvalue weighted by Gasteiger charge is 2.23. The Morgan fingerprint density at radius 3 is 2.69 bits per heavy atom. The Morgan fingerprint density at radius 2 is 2.19 bits per heavy atom. The van der Waals surface area contributed by atoms with Crippen LogP contribution in [0, 0.1) is 17.1 Å². The van der Waals surface area contributed by atoms with Crippen molar-refractivity contribution in [2.45, 2.75) is 23.5 Å². The molecule has 3 nitrogen and oxygen atoms in total. The van der Waals surface area contributed by atoms with Crippen LogP contribution in [0.2, 0.25) is 5.02 Å². The normalized spacial score (nSPS) is 13.1. The van der Waals surface area contributed by atoms with Crippen molar-refractivity contribution < 1.29 is 12.8 Å². The van der Waals surface area contributed by atoms with Crippen molar-refractivity contribution in [2.75, 3.05) is 0 Å². The Bertz CT molecular complexity index is 536. The smallest absolute Gasteiger partial charge is 0.182 e. The van der Waals surface area contributed by atoms with E-state index in [-0.39, 0.29) is 16.3 Å². The summed E-state index contributed by atoms with van der Waals surface area (Å²) in [5.41, 5.74) is 0. The summed E-state index contributed by atoms with van der Waals surface area (Å²) >= 11 is 5.50. The first-order valence-electron chi connectivity index (χ1n) is 4.45. The molecule has 0 heterocycles. The number of hydrogen-bond donors (Lipinski definition) is 0. The van der Waals surface area contributed by atoms with E-state index in [2.05, 4.69) is 0 Å². The molecule has 6 heteroatoms. The second kappa shape index (κ2) is 4.81. The van der Waals surface area contributed by atoms with Gasteiger partial charge in [-0.1, -0.05) is 11.6 Å². The van der Waals surface area contributed by atoms with Gasteiger partial charge in [-0.3, -0.25) is 0 Å². The molecular weight excluding hydrogens is 253 g/mol. The van der Waals surface area contributed by atoms with Crippen LogP contribution in [0.1, 0.15) is 13.3 Å². The van der Waals surface area contributed by atoms with Gasteiger partial charge >= 0.3 is 0 Å². The van der Waals surface area contributed by atoms with E-state index in [1.54, 1.807) is 6.07 Å². The van der Waals surface area contributed by atoms with Gasteiger partial charge in [-0.15, -0.1) is 0 Å². The minimum atomic E-state index is -3.61. The van der Waals surface area contributed by atoms with E-state index in [9.17, 15) is 12.8 Å². The molecule has 1 aromatic rings. The first-order chi connectivity index (χ1) is 7.39. The van der Waals surface area contributed by atoms with Gasteiger partial charge in [0.15, 0.2) is 9.84 Å². The second-order valence-electron chi connectivity index (χ2n) is 3.29. The first-order valence-corrected chi connectivity index (χ1v) is 6.38. The van der Waals surface area contributed by atoms with E-state index in [0.29, 0.717) is 0 Å². The Hall–Kier alpha value is -1.12. The summed E-state index contributed by atoms with van der Waals surface area (Å²) in [5, 5.41) is 7.37. The van der Waals surface area contributed by atoms with Crippen molar-refractivity contribution in [3.05, 3.63) is 29.0 Å². The molecule has 0 spiro atoms. The van der Waals surface area contributed by atoms with Crippen LogP contribution in [0.5, 0.6) is 0 Å². The van der Waals surface area contributed by atoms with Gasteiger partial charge in [0, 0.05) is 0 Å². The van der Waals surface area contributed by atoms with Gasteiger partial charge < -0.3 is 0 Å². The van der Waals surface area contributed by atoms with Gasteiger partial charge in [-0.2, -0.15) is 5.26 Å². The molecule has 0 aromatic heterocycles. The third-order valence-electron chi connectivity index (χ3n) is 2.13. The topological polar surface area (TPSA) is 57.9 Å². The standard InChI is InChI=1S/C10H9ClFNO2S/c1-7(4-5-13)16(14,15)8-2-3-10(12)9(11)6-8/h2-3,6-7H,4H2,1H3. The molecule has 0 saturated carbocycles. The number of sulfone groups is 1. The summed E-state index contributed by atoms with van der Waals surface area (Å²) < 4.78 is 36.6. The number of rotatable bonds is 3. The maximum absolute atomic E-state index is 12.9. The van der Waals surface area contributed by atoms with Gasteiger partial charge in [0.2, 0.25) is 0 Å². The fourth-order valence-electron chi connectivity index (χ4n) is 1.12. The highest BCUT2D eigenvalue weighted by molar-refractivity contribution is 7.92. The molecule has 0 radical (unpaired) electrons. The molecule has 0 aliphatic heterocycles. The van der Waals surface area contributed by atoms with E-state index in [4.69, 9.17) is 16.9 Å². The zero-order valence-corrected chi connectivity index (χ0v) is 10.0. The van der Waals surface area contributed by atoms with E-state index in [0.717, 1.165) is 18.2 Å². The predicted octanol–water partition coefficient (Wildman–Crippen LogP) is 2.55. The zero-order valence-electron chi connectivity index (χ0n) is 8.44. The Kier molecular flexibility index (Phi) is 3.89. The lowest BCUT2D eigenvalue weighted by molar-refractivity contribution is 0.583. The van der Waals surface area contributed by atoms with Gasteiger partial charge in [0.1, 0.15) is 5.82 Å². The average Bonchev–Trinajstić information content (AvgIpc) is 2.22. The maximum atomic E-state index is 12.9. The minimum Gasteiger partial charge on any atom is -0.223 e. The summed E-state index contributed by atoms with van der Waals surface area (Å²) in [6.07, 6.45) is -0.114. The van der Waals surface area contributed by atoms with Crippen molar-refractivity contribution in [1.29, 1.82) is 5.26 Å². The predicted molar refractivity (Wildman–Crippen MR) is 58.3 cm³/mol. The summed E-state index contributed by atoms with van der Waals surface area (Å²) in [6, 6.07) is 4.98. The Balaban J connectivity index is 3.18. The van der Waals surface area contributed by atoms with Crippen molar-refractivity contribution in [1.82, 2.24) is 0 Å². The lowest BCUT2D eigenvalue weighted by Gasteiger charge is -2.09. The van der Waals surface area contributed by atoms with Crippen LogP contribution in [0.3, 0.4) is 0 Å². The lowest BCUT2D eigenvalue weighted by Crippen LogP contribution is -2.17. The van der Waals surface area contributed by atoms with Crippen LogP contribution in [0.15, 0.2) is 23.1 Å². The van der Waals surface area contributed by atoms with Crippen LogP contribution in [-0.2, 0) is 9.84 Å². The summed E-state index contributed by atoms with van der Waals surface area (Å²) in [5.74, 6) is -0.673. The minimum absolute atomic E-state index is 0.0679. The van der Waals surface area contributed by atoms with Crippen LogP contribution >= 0.6 is 11.6 Å². The van der Waals surface area contributed by atoms with Crippen molar-refractivity contribution in [2.24, 2.45) is 0 Å². The second-order valence-corrected chi connectivity index (χ2v) is 6.07.